The van der Waals surface area contributed by atoms with Crippen LogP contribution in [0.15, 0.2) is 11.0 Å². The molecule has 1 N–H and O–H groups in total. The van der Waals surface area contributed by atoms with Crippen molar-refractivity contribution in [3.05, 3.63) is 26.3 Å². The number of hydrogen-bond donors (Lipinski definition) is 1. The van der Waals surface area contributed by atoms with Crippen molar-refractivity contribution >= 4 is 29.8 Å². The van der Waals surface area contributed by atoms with Crippen LogP contribution in [0, 0.1) is 4.77 Å². The fourth-order valence-corrected chi connectivity index (χ4v) is 2.56. The first-order chi connectivity index (χ1) is 10.3. The van der Waals surface area contributed by atoms with Crippen LogP contribution in [0.25, 0.3) is 0 Å². The third kappa shape index (κ3) is 3.93. The Hall–Kier alpha value is -1.25. The normalized spacial score (nSPS) is 24.4. The van der Waals surface area contributed by atoms with Crippen LogP contribution in [0.2, 0.25) is 5.02 Å². The van der Waals surface area contributed by atoms with Gasteiger partial charge in [-0.2, -0.15) is 0 Å². The predicted molar refractivity (Wildman–Crippen MR) is 80.0 cm³/mol. The van der Waals surface area contributed by atoms with Gasteiger partial charge in [-0.3, -0.25) is 19.1 Å². The molecule has 1 saturated heterocycles. The zero-order chi connectivity index (χ0) is 16.3. The number of nitrogens with zero attached hydrogens (tertiary/aromatic N) is 1. The summed E-state index contributed by atoms with van der Waals surface area (Å²) >= 11 is 10.8. The molecular formula is C13H16ClFN2O4S. The Morgan fingerprint density at radius 2 is 2.45 bits per heavy atom. The lowest BCUT2D eigenvalue weighted by Gasteiger charge is -2.21. The van der Waals surface area contributed by atoms with E-state index >= 15 is 0 Å². The number of hydrogen-bond acceptors (Lipinski definition) is 5. The van der Waals surface area contributed by atoms with Crippen molar-refractivity contribution in [2.24, 2.45) is 0 Å². The van der Waals surface area contributed by atoms with Crippen LogP contribution >= 0.6 is 23.8 Å². The van der Waals surface area contributed by atoms with Gasteiger partial charge in [-0.05, 0) is 25.1 Å². The van der Waals surface area contributed by atoms with Crippen molar-refractivity contribution in [2.45, 2.75) is 44.7 Å². The van der Waals surface area contributed by atoms with Crippen LogP contribution in [0.4, 0.5) is 4.39 Å². The summed E-state index contributed by atoms with van der Waals surface area (Å²) in [6, 6.07) is 0. The first kappa shape index (κ1) is 17.1. The van der Waals surface area contributed by atoms with E-state index in [1.165, 1.54) is 10.8 Å². The van der Waals surface area contributed by atoms with Crippen LogP contribution in [0.3, 0.4) is 0 Å². The first-order valence-electron chi connectivity index (χ1n) is 6.88. The highest BCUT2D eigenvalue weighted by molar-refractivity contribution is 7.71. The van der Waals surface area contributed by atoms with Gasteiger partial charge in [-0.1, -0.05) is 18.5 Å². The molecule has 1 fully saturated rings. The zero-order valence-electron chi connectivity index (χ0n) is 11.9. The number of carbonyl (C=O) groups excluding carboxylic acids is 1. The van der Waals surface area contributed by atoms with Gasteiger partial charge in [0.15, 0.2) is 11.4 Å². The van der Waals surface area contributed by atoms with Gasteiger partial charge in [0.2, 0.25) is 5.85 Å². The van der Waals surface area contributed by atoms with Crippen molar-refractivity contribution < 1.29 is 18.7 Å². The van der Waals surface area contributed by atoms with Crippen LogP contribution in [0.1, 0.15) is 38.8 Å². The molecule has 6 nitrogen and oxygen atoms in total. The summed E-state index contributed by atoms with van der Waals surface area (Å²) in [5.41, 5.74) is -0.513. The number of alkyl halides is 1. The fourth-order valence-electron chi connectivity index (χ4n) is 2.14. The highest BCUT2D eigenvalue weighted by atomic mass is 35.5. The lowest BCUT2D eigenvalue weighted by molar-refractivity contribution is -0.193. The minimum absolute atomic E-state index is 0.0512. The Kier molecular flexibility index (Phi) is 5.36. The largest absolute Gasteiger partial charge is 0.460 e. The average molecular weight is 351 g/mol. The third-order valence-electron chi connectivity index (χ3n) is 3.25. The molecule has 22 heavy (non-hydrogen) atoms. The molecule has 2 atom stereocenters. The van der Waals surface area contributed by atoms with E-state index in [1.807, 2.05) is 6.92 Å². The van der Waals surface area contributed by atoms with Crippen LogP contribution in [-0.2, 0) is 14.3 Å². The predicted octanol–water partition coefficient (Wildman–Crippen LogP) is 2.88. The lowest BCUT2D eigenvalue weighted by Crippen LogP contribution is -2.31. The molecule has 0 unspecified atom stereocenters. The van der Waals surface area contributed by atoms with Crippen molar-refractivity contribution in [1.29, 1.82) is 0 Å². The molecule has 0 radical (unpaired) electrons. The molecule has 9 heteroatoms. The standard InChI is InChI=1S/C13H16ClFN2O4S/c1-2-3-10(18)20-7-13(15)5-4-9(21-13)17-6-8(14)11(19)16-12(17)22/h6,9H,2-5,7H2,1H3,(H,16,19,22)/t9-,13+/m1/s1. The van der Waals surface area contributed by atoms with E-state index in [0.717, 1.165) is 0 Å². The number of aromatic nitrogens is 2. The Morgan fingerprint density at radius 3 is 3.14 bits per heavy atom. The zero-order valence-corrected chi connectivity index (χ0v) is 13.5. The van der Waals surface area contributed by atoms with Crippen molar-refractivity contribution in [1.82, 2.24) is 9.55 Å². The molecule has 0 saturated carbocycles. The Bertz CT molecular complexity index is 677. The van der Waals surface area contributed by atoms with Crippen molar-refractivity contribution in [3.63, 3.8) is 0 Å². The number of aromatic amines is 1. The van der Waals surface area contributed by atoms with Gasteiger partial charge in [0, 0.05) is 19.0 Å². The molecule has 0 aliphatic carbocycles. The van der Waals surface area contributed by atoms with E-state index in [4.69, 9.17) is 33.3 Å². The smallest absolute Gasteiger partial charge is 0.305 e. The minimum atomic E-state index is -2.06. The maximum absolute atomic E-state index is 14.5. The number of nitrogens with one attached hydrogen (secondary N) is 1. The maximum Gasteiger partial charge on any atom is 0.305 e. The molecule has 2 rings (SSSR count). The van der Waals surface area contributed by atoms with Gasteiger partial charge in [0.05, 0.1) is 0 Å². The molecule has 1 aromatic rings. The van der Waals surface area contributed by atoms with Crippen molar-refractivity contribution in [3.8, 4) is 0 Å². The van der Waals surface area contributed by atoms with Gasteiger partial charge in [-0.15, -0.1) is 0 Å². The average Bonchev–Trinajstić information content (AvgIpc) is 2.84. The monoisotopic (exact) mass is 350 g/mol. The van der Waals surface area contributed by atoms with E-state index in [0.29, 0.717) is 12.8 Å². The molecule has 1 aromatic heterocycles. The Balaban J connectivity index is 2.06. The maximum atomic E-state index is 14.5. The van der Waals surface area contributed by atoms with E-state index in [2.05, 4.69) is 4.98 Å². The summed E-state index contributed by atoms with van der Waals surface area (Å²) < 4.78 is 26.2. The number of halogens is 2. The van der Waals surface area contributed by atoms with Crippen LogP contribution < -0.4 is 5.56 Å². The summed E-state index contributed by atoms with van der Waals surface area (Å²) in [5.74, 6) is -2.53. The van der Waals surface area contributed by atoms with E-state index in [9.17, 15) is 14.0 Å². The van der Waals surface area contributed by atoms with Crippen molar-refractivity contribution in [2.75, 3.05) is 6.61 Å². The molecular weight excluding hydrogens is 335 g/mol. The fraction of sp³-hybridized carbons (Fsp3) is 0.615. The van der Waals surface area contributed by atoms with Crippen LogP contribution in [-0.4, -0.2) is 28.0 Å². The summed E-state index contributed by atoms with van der Waals surface area (Å²) in [7, 11) is 0. The number of ether oxygens (including phenoxy) is 2. The molecule has 0 aromatic carbocycles. The molecule has 2 heterocycles. The third-order valence-corrected chi connectivity index (χ3v) is 3.83. The lowest BCUT2D eigenvalue weighted by atomic mass is 10.2. The molecule has 1 aliphatic rings. The number of rotatable bonds is 5. The van der Waals surface area contributed by atoms with Gasteiger partial charge in [0.1, 0.15) is 11.3 Å². The second kappa shape index (κ2) is 6.89. The quantitative estimate of drug-likeness (QED) is 0.653. The van der Waals surface area contributed by atoms with Gasteiger partial charge in [0.25, 0.3) is 5.56 Å². The highest BCUT2D eigenvalue weighted by Gasteiger charge is 2.42. The second-order valence-electron chi connectivity index (χ2n) is 5.05. The van der Waals surface area contributed by atoms with E-state index in [1.54, 1.807) is 0 Å². The van der Waals surface area contributed by atoms with Gasteiger partial charge in [-0.25, -0.2) is 4.39 Å². The molecule has 0 spiro atoms. The molecule has 122 valence electrons. The topological polar surface area (TPSA) is 73.3 Å². The second-order valence-corrected chi connectivity index (χ2v) is 5.84. The van der Waals surface area contributed by atoms with E-state index in [-0.39, 0.29) is 22.6 Å². The SMILES string of the molecule is CCCC(=O)OC[C@]1(F)CC[C@H](n2cc(Cl)c(=O)[nH]c2=S)O1. The summed E-state index contributed by atoms with van der Waals surface area (Å²) in [6.45, 7) is 1.36. The van der Waals surface area contributed by atoms with Crippen LogP contribution in [0.5, 0.6) is 0 Å². The molecule has 0 amide bonds. The minimum Gasteiger partial charge on any atom is -0.460 e. The summed E-state index contributed by atoms with van der Waals surface area (Å²) in [6.07, 6.45) is 1.83. The summed E-state index contributed by atoms with van der Waals surface area (Å²) in [4.78, 5) is 25.0. The molecule has 1 aliphatic heterocycles. The highest BCUT2D eigenvalue weighted by Crippen LogP contribution is 2.38. The molecule has 0 bridgehead atoms. The number of esters is 1. The Labute approximate surface area is 136 Å². The Morgan fingerprint density at radius 1 is 1.73 bits per heavy atom. The van der Waals surface area contributed by atoms with Gasteiger partial charge >= 0.3 is 5.97 Å². The van der Waals surface area contributed by atoms with E-state index < -0.39 is 30.2 Å². The number of H-pyrrole nitrogens is 1. The first-order valence-corrected chi connectivity index (χ1v) is 7.66. The summed E-state index contributed by atoms with van der Waals surface area (Å²) in [5, 5.41) is -0.0667. The van der Waals surface area contributed by atoms with Gasteiger partial charge < -0.3 is 9.47 Å². The number of carbonyl (C=O) groups is 1.